The molecular weight excluding hydrogens is 342 g/mol. The maximum atomic E-state index is 10.1. The van der Waals surface area contributed by atoms with Gasteiger partial charge in [-0.25, -0.2) is 19.9 Å². The van der Waals surface area contributed by atoms with Crippen LogP contribution in [0.25, 0.3) is 33.7 Å². The van der Waals surface area contributed by atoms with Crippen molar-refractivity contribution < 1.29 is 10.2 Å². The lowest BCUT2D eigenvalue weighted by Gasteiger charge is -2.12. The van der Waals surface area contributed by atoms with Crippen LogP contribution in [0.2, 0.25) is 0 Å². The summed E-state index contributed by atoms with van der Waals surface area (Å²) in [5.41, 5.74) is 10.6. The van der Waals surface area contributed by atoms with Crippen molar-refractivity contribution in [2.45, 2.75) is 13.8 Å². The van der Waals surface area contributed by atoms with Gasteiger partial charge < -0.3 is 15.9 Å². The first-order valence-electron chi connectivity index (χ1n) is 8.32. The molecule has 0 saturated carbocycles. The Morgan fingerprint density at radius 1 is 0.778 bits per heavy atom. The molecule has 0 amide bonds. The number of aryl methyl sites for hydroxylation is 2. The molecule has 0 aliphatic carbocycles. The number of nitrogens with two attached hydrogens (primary N) is 1. The van der Waals surface area contributed by atoms with Crippen LogP contribution in [0.1, 0.15) is 11.1 Å². The molecule has 2 aromatic heterocycles. The summed E-state index contributed by atoms with van der Waals surface area (Å²) in [6.07, 6.45) is 1.33. The standard InChI is InChI=1S/C20H17N5O2/c1-10-3-5-12(7-14(10)26)16-17(13-6-4-11(2)15(27)8-13)25-20-18(24-16)19(21)22-9-23-20/h3-9,26-27H,1-2H3,(H2,21,22,23,25). The van der Waals surface area contributed by atoms with E-state index in [0.29, 0.717) is 33.7 Å². The van der Waals surface area contributed by atoms with Gasteiger partial charge in [-0.1, -0.05) is 24.3 Å². The van der Waals surface area contributed by atoms with Gasteiger partial charge in [-0.15, -0.1) is 0 Å². The molecule has 0 radical (unpaired) electrons. The number of benzene rings is 2. The van der Waals surface area contributed by atoms with Crippen molar-refractivity contribution in [3.05, 3.63) is 53.9 Å². The van der Waals surface area contributed by atoms with E-state index in [1.54, 1.807) is 24.3 Å². The molecule has 0 unspecified atom stereocenters. The molecule has 0 atom stereocenters. The third kappa shape index (κ3) is 2.89. The van der Waals surface area contributed by atoms with E-state index in [0.717, 1.165) is 11.1 Å². The fourth-order valence-corrected chi connectivity index (χ4v) is 2.81. The van der Waals surface area contributed by atoms with Crippen LogP contribution in [-0.4, -0.2) is 30.1 Å². The van der Waals surface area contributed by atoms with E-state index in [4.69, 9.17) is 5.73 Å². The first kappa shape index (κ1) is 16.7. The number of hydrogen-bond acceptors (Lipinski definition) is 7. The maximum absolute atomic E-state index is 10.1. The van der Waals surface area contributed by atoms with E-state index in [2.05, 4.69) is 19.9 Å². The number of phenolic OH excluding ortho intramolecular Hbond substituents is 2. The lowest BCUT2D eigenvalue weighted by molar-refractivity contribution is 0.471. The summed E-state index contributed by atoms with van der Waals surface area (Å²) in [4.78, 5) is 17.4. The number of rotatable bonds is 2. The van der Waals surface area contributed by atoms with Crippen LogP contribution in [0.3, 0.4) is 0 Å². The van der Waals surface area contributed by atoms with Gasteiger partial charge in [-0.2, -0.15) is 0 Å². The molecule has 27 heavy (non-hydrogen) atoms. The Morgan fingerprint density at radius 3 is 1.89 bits per heavy atom. The smallest absolute Gasteiger partial charge is 0.184 e. The molecule has 0 aliphatic rings. The quantitative estimate of drug-likeness (QED) is 0.502. The van der Waals surface area contributed by atoms with Crippen LogP contribution in [0.5, 0.6) is 11.5 Å². The number of nitrogen functional groups attached to an aromatic ring is 1. The van der Waals surface area contributed by atoms with E-state index >= 15 is 0 Å². The molecule has 0 bridgehead atoms. The van der Waals surface area contributed by atoms with Crippen molar-refractivity contribution >= 4 is 17.0 Å². The van der Waals surface area contributed by atoms with Gasteiger partial charge in [0, 0.05) is 11.1 Å². The normalized spacial score (nSPS) is 11.0. The topological polar surface area (TPSA) is 118 Å². The highest BCUT2D eigenvalue weighted by Crippen LogP contribution is 2.35. The molecular formula is C20H17N5O2. The molecule has 0 spiro atoms. The van der Waals surface area contributed by atoms with Crippen LogP contribution >= 0.6 is 0 Å². The van der Waals surface area contributed by atoms with E-state index in [1.807, 2.05) is 26.0 Å². The summed E-state index contributed by atoms with van der Waals surface area (Å²) in [5, 5.41) is 20.3. The van der Waals surface area contributed by atoms with Gasteiger partial charge in [0.05, 0.1) is 11.4 Å². The zero-order chi connectivity index (χ0) is 19.1. The number of nitrogens with zero attached hydrogens (tertiary/aromatic N) is 4. The Kier molecular flexibility index (Phi) is 3.84. The fourth-order valence-electron chi connectivity index (χ4n) is 2.81. The third-order valence-electron chi connectivity index (χ3n) is 4.46. The van der Waals surface area contributed by atoms with Gasteiger partial charge in [0.2, 0.25) is 0 Å². The number of anilines is 1. The Hall–Kier alpha value is -3.74. The van der Waals surface area contributed by atoms with Crippen LogP contribution in [-0.2, 0) is 0 Å². The first-order chi connectivity index (χ1) is 12.9. The van der Waals surface area contributed by atoms with E-state index < -0.39 is 0 Å². The molecule has 4 N–H and O–H groups in total. The number of hydrogen-bond donors (Lipinski definition) is 3. The molecule has 4 aromatic rings. The minimum atomic E-state index is 0.157. The predicted octanol–water partition coefficient (Wildman–Crippen LogP) is 3.36. The molecule has 0 aliphatic heterocycles. The number of aromatic hydroxyl groups is 2. The molecule has 0 saturated heterocycles. The Morgan fingerprint density at radius 2 is 1.33 bits per heavy atom. The maximum Gasteiger partial charge on any atom is 0.184 e. The monoisotopic (exact) mass is 359 g/mol. The number of fused-ring (bicyclic) bond motifs is 1. The van der Waals surface area contributed by atoms with Crippen molar-refractivity contribution in [2.75, 3.05) is 5.73 Å². The lowest BCUT2D eigenvalue weighted by atomic mass is 10.0. The summed E-state index contributed by atoms with van der Waals surface area (Å²) in [6, 6.07) is 10.6. The molecule has 134 valence electrons. The third-order valence-corrected chi connectivity index (χ3v) is 4.46. The minimum absolute atomic E-state index is 0.157. The summed E-state index contributed by atoms with van der Waals surface area (Å²) < 4.78 is 0. The molecule has 7 nitrogen and oxygen atoms in total. The SMILES string of the molecule is Cc1ccc(-c2nc3ncnc(N)c3nc2-c2ccc(C)c(O)c2)cc1O. The Balaban J connectivity index is 2.05. The summed E-state index contributed by atoms with van der Waals surface area (Å²) >= 11 is 0. The zero-order valence-electron chi connectivity index (χ0n) is 14.8. The van der Waals surface area contributed by atoms with Crippen LogP contribution in [0.4, 0.5) is 5.82 Å². The number of aromatic nitrogens is 4. The predicted molar refractivity (Wildman–Crippen MR) is 103 cm³/mol. The highest BCUT2D eigenvalue weighted by molar-refractivity contribution is 5.89. The lowest BCUT2D eigenvalue weighted by Crippen LogP contribution is -2.01. The Labute approximate surface area is 155 Å². The van der Waals surface area contributed by atoms with E-state index in [1.165, 1.54) is 6.33 Å². The van der Waals surface area contributed by atoms with E-state index in [9.17, 15) is 10.2 Å². The molecule has 7 heteroatoms. The van der Waals surface area contributed by atoms with Crippen molar-refractivity contribution in [2.24, 2.45) is 0 Å². The van der Waals surface area contributed by atoms with Gasteiger partial charge in [-0.05, 0) is 37.1 Å². The van der Waals surface area contributed by atoms with Gasteiger partial charge in [0.15, 0.2) is 17.0 Å². The van der Waals surface area contributed by atoms with E-state index in [-0.39, 0.29) is 17.3 Å². The Bertz CT molecular complexity index is 1190. The summed E-state index contributed by atoms with van der Waals surface area (Å²) in [6.45, 7) is 3.63. The molecule has 2 heterocycles. The molecule has 0 fully saturated rings. The summed E-state index contributed by atoms with van der Waals surface area (Å²) in [5.74, 6) is 0.544. The van der Waals surface area contributed by atoms with Crippen LogP contribution < -0.4 is 5.73 Å². The molecule has 2 aromatic carbocycles. The average molecular weight is 359 g/mol. The second-order valence-corrected chi connectivity index (χ2v) is 6.35. The highest BCUT2D eigenvalue weighted by Gasteiger charge is 2.17. The van der Waals surface area contributed by atoms with Gasteiger partial charge in [0.1, 0.15) is 17.8 Å². The molecule has 4 rings (SSSR count). The van der Waals surface area contributed by atoms with Gasteiger partial charge >= 0.3 is 0 Å². The van der Waals surface area contributed by atoms with Crippen molar-refractivity contribution in [1.29, 1.82) is 0 Å². The minimum Gasteiger partial charge on any atom is -0.508 e. The van der Waals surface area contributed by atoms with Gasteiger partial charge in [0.25, 0.3) is 0 Å². The largest absolute Gasteiger partial charge is 0.508 e. The van der Waals surface area contributed by atoms with Gasteiger partial charge in [-0.3, -0.25) is 0 Å². The average Bonchev–Trinajstić information content (AvgIpc) is 2.66. The van der Waals surface area contributed by atoms with Crippen molar-refractivity contribution in [3.63, 3.8) is 0 Å². The fraction of sp³-hybridized carbons (Fsp3) is 0.100. The summed E-state index contributed by atoms with van der Waals surface area (Å²) in [7, 11) is 0. The highest BCUT2D eigenvalue weighted by atomic mass is 16.3. The second kappa shape index (κ2) is 6.21. The van der Waals surface area contributed by atoms with Crippen molar-refractivity contribution in [3.8, 4) is 34.0 Å². The zero-order valence-corrected chi connectivity index (χ0v) is 14.8. The van der Waals surface area contributed by atoms with Crippen LogP contribution in [0.15, 0.2) is 42.7 Å². The second-order valence-electron chi connectivity index (χ2n) is 6.35. The number of phenols is 2. The first-order valence-corrected chi connectivity index (χ1v) is 8.32. The van der Waals surface area contributed by atoms with Crippen molar-refractivity contribution in [1.82, 2.24) is 19.9 Å². The van der Waals surface area contributed by atoms with Crippen LogP contribution in [0, 0.1) is 13.8 Å².